The summed E-state index contributed by atoms with van der Waals surface area (Å²) in [6.45, 7) is 1.71. The Labute approximate surface area is 117 Å². The van der Waals surface area contributed by atoms with Crippen molar-refractivity contribution >= 4 is 33.3 Å². The summed E-state index contributed by atoms with van der Waals surface area (Å²) < 4.78 is 6.19. The summed E-state index contributed by atoms with van der Waals surface area (Å²) in [5, 5.41) is 9.56. The third-order valence-corrected chi connectivity index (χ3v) is 3.73. The second kappa shape index (κ2) is 4.27. The molecule has 0 radical (unpaired) electrons. The normalized spacial score (nSPS) is 17.6. The number of aromatic nitrogens is 2. The molecular weight excluding hydrogens is 312 g/mol. The van der Waals surface area contributed by atoms with Crippen LogP contribution in [0.5, 0.6) is 5.75 Å². The average Bonchev–Trinajstić information content (AvgIpc) is 2.71. The fourth-order valence-electron chi connectivity index (χ4n) is 1.90. The molecule has 0 bridgehead atoms. The number of nitrogens with zero attached hydrogens (tertiary/aromatic N) is 1. The van der Waals surface area contributed by atoms with E-state index in [-0.39, 0.29) is 5.91 Å². The van der Waals surface area contributed by atoms with Gasteiger partial charge in [0.05, 0.1) is 15.9 Å². The molecule has 1 aromatic carbocycles. The first-order valence-corrected chi connectivity index (χ1v) is 6.47. The second-order valence-corrected chi connectivity index (χ2v) is 5.05. The number of fused-ring (bicyclic) bond motifs is 1. The first kappa shape index (κ1) is 12.0. The average molecular weight is 323 g/mol. The van der Waals surface area contributed by atoms with Gasteiger partial charge >= 0.3 is 0 Å². The Balaban J connectivity index is 2.05. The molecule has 0 saturated heterocycles. The van der Waals surface area contributed by atoms with Crippen LogP contribution in [0.3, 0.4) is 0 Å². The van der Waals surface area contributed by atoms with Gasteiger partial charge in [0, 0.05) is 5.56 Å². The summed E-state index contributed by atoms with van der Waals surface area (Å²) >= 11 is 3.37. The lowest BCUT2D eigenvalue weighted by Gasteiger charge is -2.23. The molecule has 3 rings (SSSR count). The Bertz CT molecular complexity index is 668. The molecule has 0 aliphatic carbocycles. The molecule has 0 fully saturated rings. The number of aromatic amines is 1. The molecular formula is C12H11BrN4O2. The minimum Gasteiger partial charge on any atom is -0.479 e. The van der Waals surface area contributed by atoms with Crippen molar-refractivity contribution in [2.45, 2.75) is 13.0 Å². The Morgan fingerprint density at radius 1 is 1.47 bits per heavy atom. The number of halogens is 1. The lowest BCUT2D eigenvalue weighted by molar-refractivity contribution is -0.122. The first-order valence-electron chi connectivity index (χ1n) is 5.67. The first-order chi connectivity index (χ1) is 9.06. The highest BCUT2D eigenvalue weighted by Gasteiger charge is 2.24. The van der Waals surface area contributed by atoms with Crippen molar-refractivity contribution < 1.29 is 9.53 Å². The highest BCUT2D eigenvalue weighted by Crippen LogP contribution is 2.36. The van der Waals surface area contributed by atoms with Crippen LogP contribution in [-0.4, -0.2) is 22.2 Å². The standard InChI is InChI=1S/C12H11BrN4O2/c1-5-12(18)15-7-4-6(2-3-8(7)19-5)10-9(13)11(14)17-16-10/h2-5H,1H3,(H,15,18)(H3,14,16,17). The molecule has 1 unspecified atom stereocenters. The molecule has 1 atom stereocenters. The van der Waals surface area contributed by atoms with Crippen molar-refractivity contribution in [2.75, 3.05) is 11.1 Å². The van der Waals surface area contributed by atoms with E-state index in [9.17, 15) is 4.79 Å². The molecule has 1 aliphatic rings. The van der Waals surface area contributed by atoms with Gasteiger partial charge in [-0.25, -0.2) is 0 Å². The van der Waals surface area contributed by atoms with Gasteiger partial charge in [0.25, 0.3) is 5.91 Å². The monoisotopic (exact) mass is 322 g/mol. The lowest BCUT2D eigenvalue weighted by Crippen LogP contribution is -2.34. The SMILES string of the molecule is CC1Oc2ccc(-c3[nH]nc(N)c3Br)cc2NC1=O. The molecule has 0 saturated carbocycles. The number of H-pyrrole nitrogens is 1. The van der Waals surface area contributed by atoms with Gasteiger partial charge in [-0.3, -0.25) is 9.89 Å². The summed E-state index contributed by atoms with van der Waals surface area (Å²) in [5.74, 6) is 0.883. The van der Waals surface area contributed by atoms with E-state index in [1.54, 1.807) is 6.92 Å². The van der Waals surface area contributed by atoms with Crippen LogP contribution in [0.1, 0.15) is 6.92 Å². The molecule has 19 heavy (non-hydrogen) atoms. The van der Waals surface area contributed by atoms with Gasteiger partial charge in [-0.1, -0.05) is 0 Å². The molecule has 4 N–H and O–H groups in total. The zero-order valence-corrected chi connectivity index (χ0v) is 11.6. The van der Waals surface area contributed by atoms with E-state index in [1.807, 2.05) is 18.2 Å². The quantitative estimate of drug-likeness (QED) is 0.749. The maximum absolute atomic E-state index is 11.6. The number of nitrogens with two attached hydrogens (primary N) is 1. The number of carbonyl (C=O) groups excluding carboxylic acids is 1. The van der Waals surface area contributed by atoms with Crippen LogP contribution < -0.4 is 15.8 Å². The third-order valence-electron chi connectivity index (χ3n) is 2.93. The molecule has 6 nitrogen and oxygen atoms in total. The number of nitrogens with one attached hydrogen (secondary N) is 2. The van der Waals surface area contributed by atoms with Gasteiger partial charge in [-0.05, 0) is 41.1 Å². The zero-order chi connectivity index (χ0) is 13.6. The smallest absolute Gasteiger partial charge is 0.265 e. The molecule has 0 spiro atoms. The summed E-state index contributed by atoms with van der Waals surface area (Å²) in [7, 11) is 0. The van der Waals surface area contributed by atoms with E-state index in [0.717, 1.165) is 11.3 Å². The number of ether oxygens (including phenoxy) is 1. The highest BCUT2D eigenvalue weighted by molar-refractivity contribution is 9.10. The lowest BCUT2D eigenvalue weighted by atomic mass is 10.1. The molecule has 1 aliphatic heterocycles. The van der Waals surface area contributed by atoms with E-state index in [4.69, 9.17) is 10.5 Å². The number of hydrogen-bond acceptors (Lipinski definition) is 4. The molecule has 2 aromatic rings. The minimum atomic E-state index is -0.479. The Morgan fingerprint density at radius 2 is 2.26 bits per heavy atom. The highest BCUT2D eigenvalue weighted by atomic mass is 79.9. The maximum atomic E-state index is 11.6. The summed E-state index contributed by atoms with van der Waals surface area (Å²) in [6.07, 6.45) is -0.479. The van der Waals surface area contributed by atoms with Gasteiger partial charge in [-0.2, -0.15) is 5.10 Å². The summed E-state index contributed by atoms with van der Waals surface area (Å²) in [5.41, 5.74) is 7.92. The summed E-state index contributed by atoms with van der Waals surface area (Å²) in [4.78, 5) is 11.6. The van der Waals surface area contributed by atoms with Crippen LogP contribution in [0.2, 0.25) is 0 Å². The number of anilines is 2. The molecule has 2 heterocycles. The second-order valence-electron chi connectivity index (χ2n) is 4.26. The van der Waals surface area contributed by atoms with E-state index < -0.39 is 6.10 Å². The van der Waals surface area contributed by atoms with Crippen LogP contribution in [0.15, 0.2) is 22.7 Å². The molecule has 1 amide bonds. The molecule has 7 heteroatoms. The number of benzene rings is 1. The van der Waals surface area contributed by atoms with Crippen LogP contribution in [0.4, 0.5) is 11.5 Å². The van der Waals surface area contributed by atoms with Gasteiger partial charge < -0.3 is 15.8 Å². The van der Waals surface area contributed by atoms with Gasteiger partial charge in [0.2, 0.25) is 0 Å². The van der Waals surface area contributed by atoms with E-state index in [2.05, 4.69) is 31.4 Å². The minimum absolute atomic E-state index is 0.159. The number of amides is 1. The number of carbonyl (C=O) groups is 1. The van der Waals surface area contributed by atoms with E-state index in [0.29, 0.717) is 21.7 Å². The van der Waals surface area contributed by atoms with Crippen molar-refractivity contribution in [3.63, 3.8) is 0 Å². The van der Waals surface area contributed by atoms with Crippen LogP contribution in [0, 0.1) is 0 Å². The van der Waals surface area contributed by atoms with Crippen molar-refractivity contribution in [1.82, 2.24) is 10.2 Å². The van der Waals surface area contributed by atoms with Crippen molar-refractivity contribution in [3.05, 3.63) is 22.7 Å². The number of rotatable bonds is 1. The van der Waals surface area contributed by atoms with Gasteiger partial charge in [0.15, 0.2) is 11.9 Å². The molecule has 1 aromatic heterocycles. The fraction of sp³-hybridized carbons (Fsp3) is 0.167. The van der Waals surface area contributed by atoms with Gasteiger partial charge in [0.1, 0.15) is 5.75 Å². The number of hydrogen-bond donors (Lipinski definition) is 3. The Morgan fingerprint density at radius 3 is 2.95 bits per heavy atom. The van der Waals surface area contributed by atoms with Crippen molar-refractivity contribution in [3.8, 4) is 17.0 Å². The predicted molar refractivity (Wildman–Crippen MR) is 74.9 cm³/mol. The van der Waals surface area contributed by atoms with Gasteiger partial charge in [-0.15, -0.1) is 0 Å². The van der Waals surface area contributed by atoms with Crippen LogP contribution in [-0.2, 0) is 4.79 Å². The van der Waals surface area contributed by atoms with Crippen molar-refractivity contribution in [1.29, 1.82) is 0 Å². The number of nitrogen functional groups attached to an aromatic ring is 1. The topological polar surface area (TPSA) is 93.0 Å². The zero-order valence-electron chi connectivity index (χ0n) is 10.0. The van der Waals surface area contributed by atoms with E-state index >= 15 is 0 Å². The predicted octanol–water partition coefficient (Wildman–Crippen LogP) is 2.14. The fourth-order valence-corrected chi connectivity index (χ4v) is 2.30. The largest absolute Gasteiger partial charge is 0.479 e. The van der Waals surface area contributed by atoms with Crippen molar-refractivity contribution in [2.24, 2.45) is 0 Å². The summed E-state index contributed by atoms with van der Waals surface area (Å²) in [6, 6.07) is 5.50. The maximum Gasteiger partial charge on any atom is 0.265 e. The van der Waals surface area contributed by atoms with E-state index in [1.165, 1.54) is 0 Å². The Kier molecular flexibility index (Phi) is 2.70. The van der Waals surface area contributed by atoms with Crippen LogP contribution in [0.25, 0.3) is 11.3 Å². The Hall–Kier alpha value is -2.02. The molecule has 98 valence electrons. The third kappa shape index (κ3) is 1.95. The van der Waals surface area contributed by atoms with Crippen LogP contribution >= 0.6 is 15.9 Å².